The fraction of sp³-hybridized carbons (Fsp3) is 0.429. The van der Waals surface area contributed by atoms with Crippen molar-refractivity contribution in [2.45, 2.75) is 45.2 Å². The molecule has 0 saturated carbocycles. The van der Waals surface area contributed by atoms with E-state index in [1.54, 1.807) is 4.90 Å². The molecule has 2 atom stereocenters. The number of hydrogen-bond acceptors (Lipinski definition) is 6. The molecule has 36 heavy (non-hydrogen) atoms. The number of aromatic nitrogens is 1. The Kier molecular flexibility index (Phi) is 6.87. The summed E-state index contributed by atoms with van der Waals surface area (Å²) in [6.45, 7) is 6.27. The molecule has 2 aliphatic rings. The molecule has 5 rings (SSSR count). The van der Waals surface area contributed by atoms with Gasteiger partial charge in [-0.25, -0.2) is 4.79 Å². The summed E-state index contributed by atoms with van der Waals surface area (Å²) in [6, 6.07) is 12.5. The summed E-state index contributed by atoms with van der Waals surface area (Å²) in [5.41, 5.74) is 3.78. The SMILES string of the molecule is CCCN(CCC)CC(=O)N1[C@@H](c2ccc3c(c2)OCO3)c2[nH]c3ccccc3c2C[C@@H]1C(=O)OC. The van der Waals surface area contributed by atoms with E-state index in [2.05, 4.69) is 29.8 Å². The maximum atomic E-state index is 14.0. The van der Waals surface area contributed by atoms with Crippen LogP contribution in [0.3, 0.4) is 0 Å². The van der Waals surface area contributed by atoms with E-state index in [-0.39, 0.29) is 19.2 Å². The third-order valence-corrected chi connectivity index (χ3v) is 7.04. The quantitative estimate of drug-likeness (QED) is 0.479. The minimum Gasteiger partial charge on any atom is -0.467 e. The Hall–Kier alpha value is -3.52. The van der Waals surface area contributed by atoms with Gasteiger partial charge in [-0.15, -0.1) is 0 Å². The summed E-state index contributed by atoms with van der Waals surface area (Å²) in [5, 5.41) is 1.05. The van der Waals surface area contributed by atoms with Gasteiger partial charge < -0.3 is 24.1 Å². The molecule has 1 N–H and O–H groups in total. The summed E-state index contributed by atoms with van der Waals surface area (Å²) in [4.78, 5) is 34.7. The molecular weight excluding hydrogens is 458 g/mol. The van der Waals surface area contributed by atoms with Gasteiger partial charge in [-0.2, -0.15) is 0 Å². The number of benzene rings is 2. The lowest BCUT2D eigenvalue weighted by Gasteiger charge is -2.41. The van der Waals surface area contributed by atoms with Gasteiger partial charge in [0.1, 0.15) is 6.04 Å². The number of fused-ring (bicyclic) bond motifs is 4. The molecule has 0 unspecified atom stereocenters. The zero-order chi connectivity index (χ0) is 25.2. The van der Waals surface area contributed by atoms with Gasteiger partial charge in [0.25, 0.3) is 0 Å². The van der Waals surface area contributed by atoms with Crippen molar-refractivity contribution in [2.75, 3.05) is 33.5 Å². The number of nitrogens with zero attached hydrogens (tertiary/aromatic N) is 2. The van der Waals surface area contributed by atoms with Gasteiger partial charge in [0.2, 0.25) is 12.7 Å². The first-order chi connectivity index (χ1) is 17.5. The fourth-order valence-corrected chi connectivity index (χ4v) is 5.52. The molecule has 1 aromatic heterocycles. The number of nitrogens with one attached hydrogen (secondary N) is 1. The second kappa shape index (κ2) is 10.2. The van der Waals surface area contributed by atoms with E-state index in [1.165, 1.54) is 7.11 Å². The van der Waals surface area contributed by atoms with Crippen LogP contribution in [0.25, 0.3) is 10.9 Å². The predicted octanol–water partition coefficient (Wildman–Crippen LogP) is 4.03. The van der Waals surface area contributed by atoms with E-state index < -0.39 is 18.1 Å². The minimum atomic E-state index is -0.741. The van der Waals surface area contributed by atoms with Crippen molar-refractivity contribution in [2.24, 2.45) is 0 Å². The highest BCUT2D eigenvalue weighted by Gasteiger charge is 2.44. The molecular formula is C28H33N3O5. The highest BCUT2D eigenvalue weighted by molar-refractivity contribution is 5.91. The summed E-state index contributed by atoms with van der Waals surface area (Å²) in [6.07, 6.45) is 2.29. The smallest absolute Gasteiger partial charge is 0.328 e. The number of carbonyl (C=O) groups is 2. The number of esters is 1. The van der Waals surface area contributed by atoms with Gasteiger partial charge >= 0.3 is 5.97 Å². The average molecular weight is 492 g/mol. The first-order valence-electron chi connectivity index (χ1n) is 12.7. The Labute approximate surface area is 211 Å². The molecule has 0 fully saturated rings. The second-order valence-electron chi connectivity index (χ2n) is 9.40. The van der Waals surface area contributed by atoms with Crippen molar-refractivity contribution >= 4 is 22.8 Å². The van der Waals surface area contributed by atoms with E-state index in [1.807, 2.05) is 36.4 Å². The molecule has 0 bridgehead atoms. The maximum Gasteiger partial charge on any atom is 0.328 e. The molecule has 2 aromatic carbocycles. The minimum absolute atomic E-state index is 0.0979. The topological polar surface area (TPSA) is 84.1 Å². The molecule has 3 aromatic rings. The van der Waals surface area contributed by atoms with E-state index >= 15 is 0 Å². The number of amides is 1. The average Bonchev–Trinajstić information content (AvgIpc) is 3.51. The number of hydrogen-bond donors (Lipinski definition) is 1. The molecule has 3 heterocycles. The Balaban J connectivity index is 1.65. The maximum absolute atomic E-state index is 14.0. The van der Waals surface area contributed by atoms with Crippen molar-refractivity contribution in [3.63, 3.8) is 0 Å². The van der Waals surface area contributed by atoms with Crippen LogP contribution in [0.5, 0.6) is 11.5 Å². The Morgan fingerprint density at radius 2 is 1.83 bits per heavy atom. The molecule has 0 radical (unpaired) electrons. The van der Waals surface area contributed by atoms with E-state index in [0.717, 1.165) is 53.7 Å². The van der Waals surface area contributed by atoms with Gasteiger partial charge in [0.05, 0.1) is 19.7 Å². The molecule has 2 aliphatic heterocycles. The molecule has 1 amide bonds. The monoisotopic (exact) mass is 491 g/mol. The van der Waals surface area contributed by atoms with Gasteiger partial charge in [-0.3, -0.25) is 9.69 Å². The van der Waals surface area contributed by atoms with Crippen molar-refractivity contribution in [1.29, 1.82) is 0 Å². The van der Waals surface area contributed by atoms with Crippen LogP contribution in [-0.4, -0.2) is 66.2 Å². The Morgan fingerprint density at radius 3 is 2.58 bits per heavy atom. The third-order valence-electron chi connectivity index (χ3n) is 7.04. The van der Waals surface area contributed by atoms with E-state index in [0.29, 0.717) is 17.9 Å². The number of methoxy groups -OCH3 is 1. The second-order valence-corrected chi connectivity index (χ2v) is 9.40. The normalized spacial score (nSPS) is 18.5. The lowest BCUT2D eigenvalue weighted by atomic mass is 9.87. The zero-order valence-electron chi connectivity index (χ0n) is 21.1. The number of H-pyrrole nitrogens is 1. The molecule has 0 aliphatic carbocycles. The first kappa shape index (κ1) is 24.2. The van der Waals surface area contributed by atoms with Crippen molar-refractivity contribution in [3.05, 3.63) is 59.3 Å². The van der Waals surface area contributed by atoms with Crippen LogP contribution in [0.4, 0.5) is 0 Å². The van der Waals surface area contributed by atoms with Crippen molar-refractivity contribution < 1.29 is 23.8 Å². The lowest BCUT2D eigenvalue weighted by molar-refractivity contribution is -0.155. The molecule has 0 saturated heterocycles. The highest BCUT2D eigenvalue weighted by Crippen LogP contribution is 2.44. The Bertz CT molecular complexity index is 1260. The van der Waals surface area contributed by atoms with Crippen LogP contribution in [0.15, 0.2) is 42.5 Å². The Morgan fingerprint density at radius 1 is 1.08 bits per heavy atom. The first-order valence-corrected chi connectivity index (χ1v) is 12.7. The number of aromatic amines is 1. The van der Waals surface area contributed by atoms with E-state index in [9.17, 15) is 9.59 Å². The van der Waals surface area contributed by atoms with Crippen LogP contribution in [0.1, 0.15) is 49.6 Å². The van der Waals surface area contributed by atoms with Crippen LogP contribution in [-0.2, 0) is 20.7 Å². The van der Waals surface area contributed by atoms with Gasteiger partial charge in [-0.05, 0) is 55.3 Å². The fourth-order valence-electron chi connectivity index (χ4n) is 5.52. The summed E-state index contributed by atoms with van der Waals surface area (Å²) in [5.74, 6) is 0.795. The largest absolute Gasteiger partial charge is 0.467 e. The van der Waals surface area contributed by atoms with Crippen LogP contribution >= 0.6 is 0 Å². The zero-order valence-corrected chi connectivity index (χ0v) is 21.1. The molecule has 190 valence electrons. The summed E-state index contributed by atoms with van der Waals surface area (Å²) < 4.78 is 16.4. The van der Waals surface area contributed by atoms with Crippen LogP contribution in [0.2, 0.25) is 0 Å². The van der Waals surface area contributed by atoms with Crippen LogP contribution in [0, 0.1) is 0 Å². The van der Waals surface area contributed by atoms with Crippen molar-refractivity contribution in [3.8, 4) is 11.5 Å². The van der Waals surface area contributed by atoms with Crippen LogP contribution < -0.4 is 9.47 Å². The van der Waals surface area contributed by atoms with Gasteiger partial charge in [0.15, 0.2) is 11.5 Å². The van der Waals surface area contributed by atoms with Gasteiger partial charge in [0, 0.05) is 23.0 Å². The number of ether oxygens (including phenoxy) is 3. The third kappa shape index (κ3) is 4.30. The van der Waals surface area contributed by atoms with Gasteiger partial charge in [-0.1, -0.05) is 38.1 Å². The van der Waals surface area contributed by atoms with Crippen molar-refractivity contribution in [1.82, 2.24) is 14.8 Å². The van der Waals surface area contributed by atoms with E-state index in [4.69, 9.17) is 14.2 Å². The molecule has 8 nitrogen and oxygen atoms in total. The summed E-state index contributed by atoms with van der Waals surface area (Å²) in [7, 11) is 1.38. The number of rotatable bonds is 8. The number of carbonyl (C=O) groups excluding carboxylic acids is 2. The number of para-hydroxylation sites is 1. The highest BCUT2D eigenvalue weighted by atomic mass is 16.7. The standard InChI is InChI=1S/C28H33N3O5/c1-4-12-30(13-5-2)16-25(32)31-22(28(33)34-3)15-20-19-8-6-7-9-21(19)29-26(20)27(31)18-10-11-23-24(14-18)36-17-35-23/h6-11,14,22,27,29H,4-5,12-13,15-17H2,1-3H3/t22-,27+/m1/s1. The lowest BCUT2D eigenvalue weighted by Crippen LogP contribution is -2.54. The summed E-state index contributed by atoms with van der Waals surface area (Å²) >= 11 is 0. The molecule has 0 spiro atoms. The predicted molar refractivity (Wildman–Crippen MR) is 136 cm³/mol. The molecule has 8 heteroatoms.